The maximum atomic E-state index is 5.42. The van der Waals surface area contributed by atoms with E-state index in [0.717, 1.165) is 24.5 Å². The van der Waals surface area contributed by atoms with Crippen molar-refractivity contribution in [3.63, 3.8) is 0 Å². The SMILES string of the molecule is CCCNC(c1csc(I)c1)c1ccc(OC)c(OC)c1. The predicted molar refractivity (Wildman–Crippen MR) is 96.7 cm³/mol. The minimum Gasteiger partial charge on any atom is -0.493 e. The summed E-state index contributed by atoms with van der Waals surface area (Å²) >= 11 is 4.13. The Labute approximate surface area is 143 Å². The molecule has 1 aromatic heterocycles. The highest BCUT2D eigenvalue weighted by atomic mass is 127. The first-order chi connectivity index (χ1) is 10.2. The lowest BCUT2D eigenvalue weighted by atomic mass is 10.0. The van der Waals surface area contributed by atoms with E-state index in [0.29, 0.717) is 0 Å². The van der Waals surface area contributed by atoms with Crippen molar-refractivity contribution < 1.29 is 9.47 Å². The first-order valence-electron chi connectivity index (χ1n) is 6.88. The van der Waals surface area contributed by atoms with Crippen LogP contribution in [0, 0.1) is 2.88 Å². The molecular weight excluding hydrogens is 397 g/mol. The molecule has 1 atom stereocenters. The number of ether oxygens (including phenoxy) is 2. The van der Waals surface area contributed by atoms with E-state index < -0.39 is 0 Å². The zero-order valence-electron chi connectivity index (χ0n) is 12.5. The Kier molecular flexibility index (Phi) is 6.32. The van der Waals surface area contributed by atoms with Crippen LogP contribution in [0.25, 0.3) is 0 Å². The van der Waals surface area contributed by atoms with Crippen molar-refractivity contribution in [3.05, 3.63) is 43.7 Å². The Bertz CT molecular complexity index is 585. The monoisotopic (exact) mass is 417 g/mol. The van der Waals surface area contributed by atoms with Crippen molar-refractivity contribution in [3.8, 4) is 11.5 Å². The lowest BCUT2D eigenvalue weighted by Crippen LogP contribution is -2.22. The Morgan fingerprint density at radius 3 is 2.48 bits per heavy atom. The Morgan fingerprint density at radius 2 is 1.90 bits per heavy atom. The van der Waals surface area contributed by atoms with Gasteiger partial charge >= 0.3 is 0 Å². The molecule has 0 fully saturated rings. The van der Waals surface area contributed by atoms with Crippen LogP contribution in [0.5, 0.6) is 11.5 Å². The third-order valence-corrected chi connectivity index (χ3v) is 5.07. The highest BCUT2D eigenvalue weighted by molar-refractivity contribution is 14.1. The van der Waals surface area contributed by atoms with Gasteiger partial charge in [-0.1, -0.05) is 13.0 Å². The lowest BCUT2D eigenvalue weighted by molar-refractivity contribution is 0.354. The van der Waals surface area contributed by atoms with E-state index >= 15 is 0 Å². The molecule has 0 aliphatic carbocycles. The molecule has 21 heavy (non-hydrogen) atoms. The van der Waals surface area contributed by atoms with Crippen LogP contribution in [0.1, 0.15) is 30.5 Å². The molecule has 0 bridgehead atoms. The number of hydrogen-bond donors (Lipinski definition) is 1. The fraction of sp³-hybridized carbons (Fsp3) is 0.375. The van der Waals surface area contributed by atoms with Crippen molar-refractivity contribution in [1.82, 2.24) is 5.32 Å². The summed E-state index contributed by atoms with van der Waals surface area (Å²) in [5, 5.41) is 5.83. The number of halogens is 1. The van der Waals surface area contributed by atoms with E-state index in [-0.39, 0.29) is 6.04 Å². The standard InChI is InChI=1S/C16H20INO2S/c1-4-7-18-16(12-9-15(17)21-10-12)11-5-6-13(19-2)14(8-11)20-3/h5-6,8-10,16,18H,4,7H2,1-3H3. The topological polar surface area (TPSA) is 30.5 Å². The summed E-state index contributed by atoms with van der Waals surface area (Å²) in [5.41, 5.74) is 2.49. The number of benzene rings is 1. The van der Waals surface area contributed by atoms with Crippen molar-refractivity contribution in [1.29, 1.82) is 0 Å². The van der Waals surface area contributed by atoms with Crippen molar-refractivity contribution in [2.75, 3.05) is 20.8 Å². The van der Waals surface area contributed by atoms with Crippen molar-refractivity contribution in [2.24, 2.45) is 0 Å². The van der Waals surface area contributed by atoms with Crippen molar-refractivity contribution >= 4 is 33.9 Å². The van der Waals surface area contributed by atoms with Gasteiger partial charge < -0.3 is 14.8 Å². The van der Waals surface area contributed by atoms with Gasteiger partial charge in [0, 0.05) is 0 Å². The second-order valence-corrected chi connectivity index (χ2v) is 7.49. The highest BCUT2D eigenvalue weighted by Crippen LogP contribution is 2.33. The van der Waals surface area contributed by atoms with E-state index in [4.69, 9.17) is 9.47 Å². The molecule has 0 spiro atoms. The Hall–Kier alpha value is -0.790. The van der Waals surface area contributed by atoms with Gasteiger partial charge in [-0.2, -0.15) is 0 Å². The van der Waals surface area contributed by atoms with E-state index in [1.165, 1.54) is 14.0 Å². The minimum absolute atomic E-state index is 0.185. The van der Waals surface area contributed by atoms with Gasteiger partial charge in [0.2, 0.25) is 0 Å². The molecule has 2 aromatic rings. The lowest BCUT2D eigenvalue weighted by Gasteiger charge is -2.19. The van der Waals surface area contributed by atoms with Crippen LogP contribution in [-0.2, 0) is 0 Å². The number of rotatable bonds is 7. The molecule has 1 unspecified atom stereocenters. The fourth-order valence-corrected chi connectivity index (χ4v) is 3.62. The first-order valence-corrected chi connectivity index (χ1v) is 8.84. The van der Waals surface area contributed by atoms with E-state index in [2.05, 4.69) is 58.4 Å². The minimum atomic E-state index is 0.185. The molecule has 0 aliphatic rings. The molecule has 0 radical (unpaired) electrons. The highest BCUT2D eigenvalue weighted by Gasteiger charge is 2.17. The maximum absolute atomic E-state index is 5.42. The summed E-state index contributed by atoms with van der Waals surface area (Å²) in [6.07, 6.45) is 1.10. The number of methoxy groups -OCH3 is 2. The Balaban J connectivity index is 2.36. The molecule has 0 aliphatic heterocycles. The van der Waals surface area contributed by atoms with Crippen LogP contribution in [0.2, 0.25) is 0 Å². The molecule has 1 N–H and O–H groups in total. The summed E-state index contributed by atoms with van der Waals surface area (Å²) in [6.45, 7) is 3.15. The summed E-state index contributed by atoms with van der Waals surface area (Å²) in [6, 6.07) is 8.53. The van der Waals surface area contributed by atoms with Crippen LogP contribution in [-0.4, -0.2) is 20.8 Å². The molecule has 114 valence electrons. The fourth-order valence-electron chi connectivity index (χ4n) is 2.22. The Morgan fingerprint density at radius 1 is 1.14 bits per heavy atom. The third-order valence-electron chi connectivity index (χ3n) is 3.26. The van der Waals surface area contributed by atoms with Gasteiger partial charge in [-0.3, -0.25) is 0 Å². The van der Waals surface area contributed by atoms with E-state index in [1.54, 1.807) is 25.6 Å². The second kappa shape index (κ2) is 8.00. The average molecular weight is 417 g/mol. The zero-order valence-corrected chi connectivity index (χ0v) is 15.5. The molecule has 0 saturated carbocycles. The average Bonchev–Trinajstić information content (AvgIpc) is 2.93. The van der Waals surface area contributed by atoms with Gasteiger partial charge in [-0.15, -0.1) is 11.3 Å². The van der Waals surface area contributed by atoms with Gasteiger partial charge in [0.15, 0.2) is 11.5 Å². The van der Waals surface area contributed by atoms with Crippen LogP contribution in [0.4, 0.5) is 0 Å². The van der Waals surface area contributed by atoms with Gasteiger partial charge in [0.05, 0.1) is 23.1 Å². The maximum Gasteiger partial charge on any atom is 0.161 e. The van der Waals surface area contributed by atoms with Crippen LogP contribution in [0.15, 0.2) is 29.6 Å². The quantitative estimate of drug-likeness (QED) is 0.675. The zero-order chi connectivity index (χ0) is 15.2. The summed E-state index contributed by atoms with van der Waals surface area (Å²) in [7, 11) is 3.33. The largest absolute Gasteiger partial charge is 0.493 e. The molecular formula is C16H20INO2S. The molecule has 3 nitrogen and oxygen atoms in total. The van der Waals surface area contributed by atoms with Crippen LogP contribution >= 0.6 is 33.9 Å². The van der Waals surface area contributed by atoms with Gasteiger partial charge in [0.1, 0.15) is 0 Å². The smallest absolute Gasteiger partial charge is 0.161 e. The van der Waals surface area contributed by atoms with Crippen molar-refractivity contribution in [2.45, 2.75) is 19.4 Å². The second-order valence-electron chi connectivity index (χ2n) is 4.69. The number of hydrogen-bond acceptors (Lipinski definition) is 4. The molecule has 5 heteroatoms. The summed E-state index contributed by atoms with van der Waals surface area (Å²) in [5.74, 6) is 1.53. The molecule has 0 amide bonds. The normalized spacial score (nSPS) is 12.2. The van der Waals surface area contributed by atoms with Crippen LogP contribution < -0.4 is 14.8 Å². The van der Waals surface area contributed by atoms with Gasteiger partial charge in [-0.25, -0.2) is 0 Å². The van der Waals surface area contributed by atoms with Gasteiger partial charge in [0.25, 0.3) is 0 Å². The van der Waals surface area contributed by atoms with Gasteiger partial charge in [-0.05, 0) is 70.3 Å². The van der Waals surface area contributed by atoms with E-state index in [1.807, 2.05) is 6.07 Å². The molecule has 0 saturated heterocycles. The predicted octanol–water partition coefficient (Wildman–Crippen LogP) is 4.46. The molecule has 2 rings (SSSR count). The number of thiophene rings is 1. The summed E-state index contributed by atoms with van der Waals surface area (Å²) in [4.78, 5) is 0. The molecule has 1 heterocycles. The third kappa shape index (κ3) is 4.11. The van der Waals surface area contributed by atoms with E-state index in [9.17, 15) is 0 Å². The molecule has 1 aromatic carbocycles. The first kappa shape index (κ1) is 16.6. The summed E-state index contributed by atoms with van der Waals surface area (Å²) < 4.78 is 12.0. The number of nitrogens with one attached hydrogen (secondary N) is 1. The van der Waals surface area contributed by atoms with Crippen LogP contribution in [0.3, 0.4) is 0 Å².